The van der Waals surface area contributed by atoms with Crippen molar-refractivity contribution < 1.29 is 19.1 Å². The number of rotatable bonds is 4. The van der Waals surface area contributed by atoms with Gasteiger partial charge in [-0.1, -0.05) is 0 Å². The van der Waals surface area contributed by atoms with Crippen molar-refractivity contribution in [3.8, 4) is 17.2 Å². The normalized spacial score (nSPS) is 15.7. The number of aromatic nitrogens is 5. The van der Waals surface area contributed by atoms with Gasteiger partial charge in [0, 0.05) is 30.8 Å². The highest BCUT2D eigenvalue weighted by molar-refractivity contribution is 5.94. The van der Waals surface area contributed by atoms with E-state index in [1.54, 1.807) is 41.4 Å². The van der Waals surface area contributed by atoms with Gasteiger partial charge in [0.15, 0.2) is 11.5 Å². The molecule has 2 amide bonds. The number of carbonyl (C=O) groups excluding carboxylic acids is 2. The highest BCUT2D eigenvalue weighted by Gasteiger charge is 2.28. The summed E-state index contributed by atoms with van der Waals surface area (Å²) in [4.78, 5) is 31.4. The molecule has 1 N–H and O–H groups in total. The minimum Gasteiger partial charge on any atom is -0.454 e. The van der Waals surface area contributed by atoms with Crippen LogP contribution in [0.2, 0.25) is 0 Å². The number of nitrogens with one attached hydrogen (secondary N) is 1. The van der Waals surface area contributed by atoms with Crippen LogP contribution < -0.4 is 14.8 Å². The van der Waals surface area contributed by atoms with Crippen molar-refractivity contribution in [1.82, 2.24) is 30.1 Å². The van der Waals surface area contributed by atoms with Crippen molar-refractivity contribution in [3.63, 3.8) is 0 Å². The van der Waals surface area contributed by atoms with E-state index in [2.05, 4.69) is 25.8 Å². The lowest BCUT2D eigenvalue weighted by molar-refractivity contribution is -0.121. The van der Waals surface area contributed by atoms with Gasteiger partial charge < -0.3 is 19.7 Å². The van der Waals surface area contributed by atoms with E-state index in [4.69, 9.17) is 9.47 Å². The summed E-state index contributed by atoms with van der Waals surface area (Å²) in [7, 11) is 0. The van der Waals surface area contributed by atoms with Gasteiger partial charge in [0.05, 0.1) is 11.9 Å². The zero-order valence-electron chi connectivity index (χ0n) is 16.5. The SMILES string of the molecule is O=C(Nc1ccc2c(c1)OCO2)C1CCN(C(=O)c2ccc(-n3cnnn3)cn2)CC1. The number of carbonyl (C=O) groups is 2. The van der Waals surface area contributed by atoms with Crippen LogP contribution in [0.25, 0.3) is 5.69 Å². The van der Waals surface area contributed by atoms with Crippen LogP contribution in [0.15, 0.2) is 42.9 Å². The van der Waals surface area contributed by atoms with Gasteiger partial charge in [-0.25, -0.2) is 4.98 Å². The molecule has 0 radical (unpaired) electrons. The Labute approximate surface area is 177 Å². The molecule has 0 unspecified atom stereocenters. The van der Waals surface area contributed by atoms with Gasteiger partial charge in [-0.2, -0.15) is 4.68 Å². The Morgan fingerprint density at radius 3 is 2.65 bits per heavy atom. The number of amides is 2. The van der Waals surface area contributed by atoms with Crippen LogP contribution in [0.5, 0.6) is 11.5 Å². The van der Waals surface area contributed by atoms with Gasteiger partial charge in [-0.05, 0) is 47.5 Å². The number of likely N-dealkylation sites (tertiary alicyclic amines) is 1. The second-order valence-electron chi connectivity index (χ2n) is 7.28. The van der Waals surface area contributed by atoms with Crippen LogP contribution in [0.1, 0.15) is 23.3 Å². The third kappa shape index (κ3) is 3.89. The van der Waals surface area contributed by atoms with Crippen molar-refractivity contribution in [3.05, 3.63) is 48.5 Å². The molecule has 11 nitrogen and oxygen atoms in total. The second kappa shape index (κ2) is 8.01. The molecule has 31 heavy (non-hydrogen) atoms. The molecule has 4 heterocycles. The fourth-order valence-electron chi connectivity index (χ4n) is 3.65. The summed E-state index contributed by atoms with van der Waals surface area (Å²) in [5, 5.41) is 13.9. The third-order valence-corrected chi connectivity index (χ3v) is 5.37. The van der Waals surface area contributed by atoms with Gasteiger partial charge in [0.1, 0.15) is 12.0 Å². The molecule has 1 saturated heterocycles. The van der Waals surface area contributed by atoms with Gasteiger partial charge >= 0.3 is 0 Å². The van der Waals surface area contributed by atoms with Crippen LogP contribution in [-0.4, -0.2) is 61.8 Å². The van der Waals surface area contributed by atoms with E-state index in [1.165, 1.54) is 11.0 Å². The Balaban J connectivity index is 1.16. The summed E-state index contributed by atoms with van der Waals surface area (Å²) < 4.78 is 12.1. The number of tetrazole rings is 1. The molecule has 0 spiro atoms. The monoisotopic (exact) mass is 421 g/mol. The van der Waals surface area contributed by atoms with E-state index in [1.807, 2.05) is 0 Å². The average molecular weight is 421 g/mol. The van der Waals surface area contributed by atoms with E-state index < -0.39 is 0 Å². The Kier molecular flexibility index (Phi) is 4.90. The summed E-state index contributed by atoms with van der Waals surface area (Å²) >= 11 is 0. The molecule has 0 bridgehead atoms. The van der Waals surface area contributed by atoms with E-state index in [0.717, 1.165) is 0 Å². The summed E-state index contributed by atoms with van der Waals surface area (Å²) in [5.74, 6) is 0.915. The van der Waals surface area contributed by atoms with Crippen molar-refractivity contribution in [2.24, 2.45) is 5.92 Å². The summed E-state index contributed by atoms with van der Waals surface area (Å²) in [6.45, 7) is 1.18. The molecule has 2 aliphatic heterocycles. The Morgan fingerprint density at radius 2 is 1.90 bits per heavy atom. The smallest absolute Gasteiger partial charge is 0.272 e. The number of pyridine rings is 1. The fraction of sp³-hybridized carbons (Fsp3) is 0.300. The number of hydrogen-bond donors (Lipinski definition) is 1. The van der Waals surface area contributed by atoms with Crippen molar-refractivity contribution in [1.29, 1.82) is 0 Å². The number of nitrogens with zero attached hydrogens (tertiary/aromatic N) is 6. The van der Waals surface area contributed by atoms with Gasteiger partial charge in [-0.15, -0.1) is 5.10 Å². The Morgan fingerprint density at radius 1 is 1.06 bits per heavy atom. The molecule has 2 aromatic heterocycles. The standard InChI is InChI=1S/C20H19N7O4/c28-19(23-14-1-4-17-18(9-14)31-12-30-17)13-5-7-26(8-6-13)20(29)16-3-2-15(10-21-16)27-11-22-24-25-27/h1-4,9-11,13H,5-8,12H2,(H,23,28). The van der Waals surface area contributed by atoms with Gasteiger partial charge in [-0.3, -0.25) is 9.59 Å². The van der Waals surface area contributed by atoms with E-state index in [9.17, 15) is 9.59 Å². The lowest BCUT2D eigenvalue weighted by Crippen LogP contribution is -2.41. The number of anilines is 1. The molecular formula is C20H19N7O4. The fourth-order valence-corrected chi connectivity index (χ4v) is 3.65. The zero-order valence-corrected chi connectivity index (χ0v) is 16.5. The average Bonchev–Trinajstić information content (AvgIpc) is 3.51. The lowest BCUT2D eigenvalue weighted by Gasteiger charge is -2.31. The molecule has 0 aliphatic carbocycles. The predicted octanol–water partition coefficient (Wildman–Crippen LogP) is 1.28. The first-order chi connectivity index (χ1) is 15.2. The quantitative estimate of drug-likeness (QED) is 0.668. The first-order valence-corrected chi connectivity index (χ1v) is 9.86. The van der Waals surface area contributed by atoms with E-state index >= 15 is 0 Å². The maximum absolute atomic E-state index is 12.8. The highest BCUT2D eigenvalue weighted by atomic mass is 16.7. The number of piperidine rings is 1. The minimum atomic E-state index is -0.162. The summed E-state index contributed by atoms with van der Waals surface area (Å²) in [6.07, 6.45) is 4.18. The van der Waals surface area contributed by atoms with Gasteiger partial charge in [0.25, 0.3) is 5.91 Å². The number of ether oxygens (including phenoxy) is 2. The van der Waals surface area contributed by atoms with Gasteiger partial charge in [0.2, 0.25) is 12.7 Å². The minimum absolute atomic E-state index is 0.0603. The maximum atomic E-state index is 12.8. The molecule has 11 heteroatoms. The first-order valence-electron chi connectivity index (χ1n) is 9.86. The van der Waals surface area contributed by atoms with Crippen LogP contribution in [0.3, 0.4) is 0 Å². The molecule has 0 saturated carbocycles. The molecule has 1 fully saturated rings. The van der Waals surface area contributed by atoms with Crippen LogP contribution in [0.4, 0.5) is 5.69 Å². The molecule has 5 rings (SSSR count). The number of fused-ring (bicyclic) bond motifs is 1. The summed E-state index contributed by atoms with van der Waals surface area (Å²) in [6, 6.07) is 8.70. The van der Waals surface area contributed by atoms with Crippen molar-refractivity contribution in [2.45, 2.75) is 12.8 Å². The molecule has 158 valence electrons. The Hall–Kier alpha value is -4.02. The van der Waals surface area contributed by atoms with E-state index in [0.29, 0.717) is 54.5 Å². The number of hydrogen-bond acceptors (Lipinski definition) is 8. The van der Waals surface area contributed by atoms with Crippen LogP contribution >= 0.6 is 0 Å². The van der Waals surface area contributed by atoms with E-state index in [-0.39, 0.29) is 24.5 Å². The molecule has 2 aliphatic rings. The second-order valence-corrected chi connectivity index (χ2v) is 7.28. The highest BCUT2D eigenvalue weighted by Crippen LogP contribution is 2.34. The molecule has 1 aromatic carbocycles. The largest absolute Gasteiger partial charge is 0.454 e. The lowest BCUT2D eigenvalue weighted by atomic mass is 9.95. The topological polar surface area (TPSA) is 124 Å². The summed E-state index contributed by atoms with van der Waals surface area (Å²) in [5.41, 5.74) is 1.68. The predicted molar refractivity (Wildman–Crippen MR) is 107 cm³/mol. The third-order valence-electron chi connectivity index (χ3n) is 5.37. The van der Waals surface area contributed by atoms with Crippen LogP contribution in [0, 0.1) is 5.92 Å². The molecular weight excluding hydrogens is 402 g/mol. The van der Waals surface area contributed by atoms with Crippen molar-refractivity contribution >= 4 is 17.5 Å². The first kappa shape index (κ1) is 19.0. The zero-order chi connectivity index (χ0) is 21.2. The van der Waals surface area contributed by atoms with Crippen molar-refractivity contribution in [2.75, 3.05) is 25.2 Å². The number of benzene rings is 1. The Bertz CT molecular complexity index is 1090. The molecule has 0 atom stereocenters. The maximum Gasteiger partial charge on any atom is 0.272 e. The van der Waals surface area contributed by atoms with Crippen LogP contribution in [-0.2, 0) is 4.79 Å². The molecule has 3 aromatic rings.